The van der Waals surface area contributed by atoms with E-state index in [1.54, 1.807) is 12.1 Å². The average molecular weight is 216 g/mol. The van der Waals surface area contributed by atoms with Crippen molar-refractivity contribution in [2.24, 2.45) is 11.8 Å². The minimum absolute atomic E-state index is 0.308. The predicted octanol–water partition coefficient (Wildman–Crippen LogP) is 3.11. The Morgan fingerprint density at radius 3 is 2.75 bits per heavy atom. The monoisotopic (exact) mass is 216 g/mol. The fraction of sp³-hybridized carbons (Fsp3) is 0.500. The molecule has 1 N–H and O–H groups in total. The van der Waals surface area contributed by atoms with Crippen molar-refractivity contribution in [1.29, 1.82) is 0 Å². The third-order valence-corrected chi connectivity index (χ3v) is 4.35. The number of fused-ring (bicyclic) bond motifs is 2. The molecule has 2 nitrogen and oxygen atoms in total. The quantitative estimate of drug-likeness (QED) is 0.771. The Balaban J connectivity index is 2.03. The van der Waals surface area contributed by atoms with Crippen molar-refractivity contribution in [3.8, 4) is 5.75 Å². The van der Waals surface area contributed by atoms with Gasteiger partial charge in [-0.3, -0.25) is 4.79 Å². The zero-order chi connectivity index (χ0) is 11.1. The van der Waals surface area contributed by atoms with Crippen molar-refractivity contribution in [3.63, 3.8) is 0 Å². The van der Waals surface area contributed by atoms with Crippen LogP contribution in [0.25, 0.3) is 0 Å². The molecule has 1 aromatic carbocycles. The second-order valence-corrected chi connectivity index (χ2v) is 5.18. The molecule has 2 heteroatoms. The summed E-state index contributed by atoms with van der Waals surface area (Å²) in [4.78, 5) is 11.0. The molecule has 16 heavy (non-hydrogen) atoms. The van der Waals surface area contributed by atoms with Crippen LogP contribution >= 0.6 is 0 Å². The molecule has 0 heterocycles. The summed E-state index contributed by atoms with van der Waals surface area (Å²) in [5.41, 5.74) is 1.59. The third-order valence-electron chi connectivity index (χ3n) is 4.35. The molecule has 0 aliphatic heterocycles. The van der Waals surface area contributed by atoms with E-state index in [9.17, 15) is 9.90 Å². The molecule has 84 valence electrons. The van der Waals surface area contributed by atoms with E-state index in [0.717, 1.165) is 24.2 Å². The van der Waals surface area contributed by atoms with Gasteiger partial charge in [-0.2, -0.15) is 0 Å². The van der Waals surface area contributed by atoms with Crippen LogP contribution in [0.4, 0.5) is 0 Å². The first-order valence-electron chi connectivity index (χ1n) is 6.06. The van der Waals surface area contributed by atoms with Gasteiger partial charge in [0.2, 0.25) is 0 Å². The highest BCUT2D eigenvalue weighted by Gasteiger charge is 2.41. The molecule has 1 aromatic rings. The van der Waals surface area contributed by atoms with Gasteiger partial charge in [0.15, 0.2) is 0 Å². The molecular formula is C14H16O2. The van der Waals surface area contributed by atoms with Crippen LogP contribution in [0.2, 0.25) is 0 Å². The summed E-state index contributed by atoms with van der Waals surface area (Å²) >= 11 is 0. The molecule has 2 aliphatic rings. The number of hydrogen-bond acceptors (Lipinski definition) is 2. The molecule has 0 saturated heterocycles. The number of hydrogen-bond donors (Lipinski definition) is 1. The molecule has 2 fully saturated rings. The molecule has 2 bridgehead atoms. The standard InChI is InChI=1S/C14H16O2/c15-8-11-2-1-3-13(16)14(11)12-7-9-4-5-10(12)6-9/h1-3,8-10,12,16H,4-7H2. The third kappa shape index (κ3) is 1.36. The molecule has 0 amide bonds. The number of phenols is 1. The second-order valence-electron chi connectivity index (χ2n) is 5.18. The maximum atomic E-state index is 11.0. The molecule has 0 aromatic heterocycles. The van der Waals surface area contributed by atoms with Crippen LogP contribution in [0.1, 0.15) is 47.5 Å². The van der Waals surface area contributed by atoms with Crippen LogP contribution in [0, 0.1) is 11.8 Å². The summed E-state index contributed by atoms with van der Waals surface area (Å²) in [6.07, 6.45) is 5.93. The van der Waals surface area contributed by atoms with E-state index in [1.807, 2.05) is 6.07 Å². The van der Waals surface area contributed by atoms with Crippen LogP contribution in [0.3, 0.4) is 0 Å². The predicted molar refractivity (Wildman–Crippen MR) is 61.7 cm³/mol. The number of benzene rings is 1. The lowest BCUT2D eigenvalue weighted by molar-refractivity contribution is 0.112. The Kier molecular flexibility index (Phi) is 2.23. The normalized spacial score (nSPS) is 31.9. The van der Waals surface area contributed by atoms with Gasteiger partial charge in [-0.15, -0.1) is 0 Å². The highest BCUT2D eigenvalue weighted by Crippen LogP contribution is 2.54. The lowest BCUT2D eigenvalue weighted by Crippen LogP contribution is -2.10. The molecule has 0 spiro atoms. The van der Waals surface area contributed by atoms with Crippen LogP contribution in [0.5, 0.6) is 5.75 Å². The van der Waals surface area contributed by atoms with Gasteiger partial charge in [-0.1, -0.05) is 18.6 Å². The minimum atomic E-state index is 0.308. The van der Waals surface area contributed by atoms with Crippen molar-refractivity contribution >= 4 is 6.29 Å². The van der Waals surface area contributed by atoms with E-state index in [4.69, 9.17) is 0 Å². The number of aldehydes is 1. The summed E-state index contributed by atoms with van der Waals surface area (Å²) in [7, 11) is 0. The first-order chi connectivity index (χ1) is 7.79. The molecule has 3 unspecified atom stereocenters. The molecule has 3 atom stereocenters. The maximum Gasteiger partial charge on any atom is 0.150 e. The van der Waals surface area contributed by atoms with Crippen LogP contribution in [0.15, 0.2) is 18.2 Å². The summed E-state index contributed by atoms with van der Waals surface area (Å²) in [5, 5.41) is 9.95. The van der Waals surface area contributed by atoms with Crippen molar-refractivity contribution < 1.29 is 9.90 Å². The lowest BCUT2D eigenvalue weighted by atomic mass is 9.81. The topological polar surface area (TPSA) is 37.3 Å². The minimum Gasteiger partial charge on any atom is -0.508 e. The van der Waals surface area contributed by atoms with Gasteiger partial charge in [-0.25, -0.2) is 0 Å². The summed E-state index contributed by atoms with van der Waals surface area (Å²) < 4.78 is 0. The van der Waals surface area contributed by atoms with Crippen molar-refractivity contribution in [2.75, 3.05) is 0 Å². The Bertz CT molecular complexity index is 425. The number of rotatable bonds is 2. The molecular weight excluding hydrogens is 200 g/mol. The molecule has 2 aliphatic carbocycles. The fourth-order valence-electron chi connectivity index (χ4n) is 3.68. The van der Waals surface area contributed by atoms with Gasteiger partial charge >= 0.3 is 0 Å². The Morgan fingerprint density at radius 1 is 1.25 bits per heavy atom. The van der Waals surface area contributed by atoms with Crippen molar-refractivity contribution in [3.05, 3.63) is 29.3 Å². The van der Waals surface area contributed by atoms with Gasteiger partial charge in [0.05, 0.1) is 0 Å². The van der Waals surface area contributed by atoms with E-state index < -0.39 is 0 Å². The van der Waals surface area contributed by atoms with Crippen molar-refractivity contribution in [1.82, 2.24) is 0 Å². The number of aromatic hydroxyl groups is 1. The van der Waals surface area contributed by atoms with E-state index in [-0.39, 0.29) is 0 Å². The highest BCUT2D eigenvalue weighted by atomic mass is 16.3. The lowest BCUT2D eigenvalue weighted by Gasteiger charge is -2.24. The summed E-state index contributed by atoms with van der Waals surface area (Å²) in [6, 6.07) is 5.26. The number of phenolic OH excluding ortho intramolecular Hbond substituents is 1. The maximum absolute atomic E-state index is 11.0. The van der Waals surface area contributed by atoms with Crippen LogP contribution < -0.4 is 0 Å². The summed E-state index contributed by atoms with van der Waals surface area (Å²) in [6.45, 7) is 0. The molecule has 0 radical (unpaired) electrons. The van der Waals surface area contributed by atoms with E-state index in [0.29, 0.717) is 23.1 Å². The highest BCUT2D eigenvalue weighted by molar-refractivity contribution is 5.79. The van der Waals surface area contributed by atoms with Crippen LogP contribution in [-0.4, -0.2) is 11.4 Å². The van der Waals surface area contributed by atoms with Gasteiger partial charge in [-0.05, 0) is 43.1 Å². The largest absolute Gasteiger partial charge is 0.508 e. The van der Waals surface area contributed by atoms with Crippen molar-refractivity contribution in [2.45, 2.75) is 31.6 Å². The van der Waals surface area contributed by atoms with E-state index in [2.05, 4.69) is 0 Å². The molecule has 2 saturated carbocycles. The first-order valence-corrected chi connectivity index (χ1v) is 6.06. The van der Waals surface area contributed by atoms with E-state index >= 15 is 0 Å². The number of carbonyl (C=O) groups is 1. The summed E-state index contributed by atoms with van der Waals surface area (Å²) in [5.74, 6) is 2.24. The SMILES string of the molecule is O=Cc1cccc(O)c1C1CC2CCC1C2. The molecule has 3 rings (SSSR count). The zero-order valence-electron chi connectivity index (χ0n) is 9.23. The smallest absolute Gasteiger partial charge is 0.150 e. The van der Waals surface area contributed by atoms with Gasteiger partial charge < -0.3 is 5.11 Å². The zero-order valence-corrected chi connectivity index (χ0v) is 9.23. The Hall–Kier alpha value is -1.31. The van der Waals surface area contributed by atoms with Crippen LogP contribution in [-0.2, 0) is 0 Å². The average Bonchev–Trinajstić information content (AvgIpc) is 2.90. The number of carbonyl (C=O) groups excluding carboxylic acids is 1. The Labute approximate surface area is 95.3 Å². The fourth-order valence-corrected chi connectivity index (χ4v) is 3.68. The van der Waals surface area contributed by atoms with Gasteiger partial charge in [0.1, 0.15) is 12.0 Å². The van der Waals surface area contributed by atoms with E-state index in [1.165, 1.54) is 19.3 Å². The Morgan fingerprint density at radius 2 is 2.12 bits per heavy atom. The first kappa shape index (κ1) is 9.88. The van der Waals surface area contributed by atoms with Gasteiger partial charge in [0, 0.05) is 11.1 Å². The second kappa shape index (κ2) is 3.62. The van der Waals surface area contributed by atoms with Gasteiger partial charge in [0.25, 0.3) is 0 Å².